The van der Waals surface area contributed by atoms with Crippen molar-refractivity contribution in [2.24, 2.45) is 4.99 Å². The van der Waals surface area contributed by atoms with Crippen LogP contribution in [0.1, 0.15) is 38.4 Å². The fraction of sp³-hybridized carbons (Fsp3) is 0.160. The molecule has 1 saturated heterocycles. The van der Waals surface area contributed by atoms with Gasteiger partial charge in [-0.3, -0.25) is 4.79 Å². The van der Waals surface area contributed by atoms with Crippen LogP contribution in [0.5, 0.6) is 0 Å². The number of thioether (sulfide) groups is 1. The van der Waals surface area contributed by atoms with E-state index in [1.54, 1.807) is 18.2 Å². The summed E-state index contributed by atoms with van der Waals surface area (Å²) in [5.74, 6) is -1.28. The Morgan fingerprint density at radius 1 is 1.09 bits per heavy atom. The van der Waals surface area contributed by atoms with Crippen LogP contribution in [0.25, 0.3) is 11.8 Å². The summed E-state index contributed by atoms with van der Waals surface area (Å²) in [5, 5.41) is 12.9. The molecule has 0 bridgehead atoms. The molecule has 3 aromatic rings. The number of halogens is 1. The number of benzene rings is 2. The Morgan fingerprint density at radius 3 is 2.55 bits per heavy atom. The van der Waals surface area contributed by atoms with Crippen LogP contribution in [-0.2, 0) is 4.79 Å². The molecule has 1 amide bonds. The van der Waals surface area contributed by atoms with E-state index >= 15 is 0 Å². The van der Waals surface area contributed by atoms with Gasteiger partial charge in [0.25, 0.3) is 5.91 Å². The molecular weight excluding hydrogens is 458 g/mol. The number of nitrogens with zero attached hydrogens (tertiary/aromatic N) is 2. The highest BCUT2D eigenvalue weighted by Gasteiger charge is 2.25. The molecule has 0 unspecified atom stereocenters. The molecule has 1 aliphatic rings. The van der Waals surface area contributed by atoms with Crippen molar-refractivity contribution in [2.45, 2.75) is 27.7 Å². The lowest BCUT2D eigenvalue weighted by Gasteiger charge is -2.11. The Bertz CT molecular complexity index is 1370. The second kappa shape index (κ2) is 8.92. The third kappa shape index (κ3) is 4.60. The van der Waals surface area contributed by atoms with Crippen LogP contribution in [0.3, 0.4) is 0 Å². The fourth-order valence-electron chi connectivity index (χ4n) is 3.68. The predicted octanol–water partition coefficient (Wildman–Crippen LogP) is 5.95. The molecule has 6 nitrogen and oxygen atoms in total. The largest absolute Gasteiger partial charge is 0.478 e. The predicted molar refractivity (Wildman–Crippen MR) is 134 cm³/mol. The Labute approximate surface area is 201 Å². The fourth-order valence-corrected chi connectivity index (χ4v) is 4.71. The normalized spacial score (nSPS) is 16.0. The van der Waals surface area contributed by atoms with Gasteiger partial charge in [0, 0.05) is 17.1 Å². The number of amides is 1. The number of aryl methyl sites for hydroxylation is 3. The van der Waals surface area contributed by atoms with Crippen LogP contribution in [0, 0.1) is 27.7 Å². The molecule has 8 heteroatoms. The minimum absolute atomic E-state index is 0.0412. The molecule has 1 aliphatic heterocycles. The average Bonchev–Trinajstić information content (AvgIpc) is 3.23. The minimum atomic E-state index is -1.08. The molecular formula is C25H22ClN3O3S. The highest BCUT2D eigenvalue weighted by Crippen LogP contribution is 2.31. The zero-order valence-electron chi connectivity index (χ0n) is 18.6. The van der Waals surface area contributed by atoms with Gasteiger partial charge in [0.05, 0.1) is 21.2 Å². The number of aromatic carboxylic acids is 1. The number of hydrogen-bond donors (Lipinski definition) is 2. The lowest BCUT2D eigenvalue weighted by Crippen LogP contribution is -2.19. The molecule has 33 heavy (non-hydrogen) atoms. The number of carboxylic acid groups (broad SMARTS) is 1. The maximum Gasteiger partial charge on any atom is 0.337 e. The summed E-state index contributed by atoms with van der Waals surface area (Å²) in [5.41, 5.74) is 6.51. The molecule has 168 valence electrons. The molecule has 2 N–H and O–H groups in total. The summed E-state index contributed by atoms with van der Waals surface area (Å²) >= 11 is 7.32. The third-order valence-electron chi connectivity index (χ3n) is 5.57. The number of aromatic nitrogens is 1. The lowest BCUT2D eigenvalue weighted by molar-refractivity contribution is -0.115. The van der Waals surface area contributed by atoms with Crippen molar-refractivity contribution < 1.29 is 14.7 Å². The molecule has 0 atom stereocenters. The highest BCUT2D eigenvalue weighted by molar-refractivity contribution is 8.18. The average molecular weight is 480 g/mol. The SMILES string of the molecule is Cc1ccc(N=C2NC(=O)/C(=C/c3cc(C)n(-c4ccc(Cl)c(C(=O)O)c4)c3C)S2)cc1C. The van der Waals surface area contributed by atoms with Gasteiger partial charge in [-0.05, 0) is 98.6 Å². The summed E-state index contributed by atoms with van der Waals surface area (Å²) in [6, 6.07) is 12.8. The van der Waals surface area contributed by atoms with E-state index in [4.69, 9.17) is 11.6 Å². The second-order valence-corrected chi connectivity index (χ2v) is 9.32. The van der Waals surface area contributed by atoms with Crippen LogP contribution < -0.4 is 5.32 Å². The van der Waals surface area contributed by atoms with Gasteiger partial charge in [-0.1, -0.05) is 17.7 Å². The van der Waals surface area contributed by atoms with Gasteiger partial charge >= 0.3 is 5.97 Å². The van der Waals surface area contributed by atoms with Gasteiger partial charge < -0.3 is 15.0 Å². The van der Waals surface area contributed by atoms with Crippen LogP contribution in [0.2, 0.25) is 5.02 Å². The van der Waals surface area contributed by atoms with Crippen molar-refractivity contribution in [1.82, 2.24) is 9.88 Å². The van der Waals surface area contributed by atoms with E-state index < -0.39 is 5.97 Å². The topological polar surface area (TPSA) is 83.7 Å². The van der Waals surface area contributed by atoms with Crippen LogP contribution >= 0.6 is 23.4 Å². The Kier molecular flexibility index (Phi) is 6.19. The molecule has 2 heterocycles. The van der Waals surface area contributed by atoms with Gasteiger partial charge in [-0.15, -0.1) is 0 Å². The molecule has 1 fully saturated rings. The van der Waals surface area contributed by atoms with Gasteiger partial charge in [-0.2, -0.15) is 0 Å². The van der Waals surface area contributed by atoms with E-state index in [1.165, 1.54) is 17.3 Å². The first-order chi connectivity index (χ1) is 15.6. The minimum Gasteiger partial charge on any atom is -0.478 e. The van der Waals surface area contributed by atoms with Crippen molar-refractivity contribution in [2.75, 3.05) is 0 Å². The maximum atomic E-state index is 12.6. The van der Waals surface area contributed by atoms with Crippen LogP contribution in [0.15, 0.2) is 52.4 Å². The number of amidine groups is 1. The molecule has 0 aliphatic carbocycles. The van der Waals surface area contributed by atoms with E-state index in [-0.39, 0.29) is 16.5 Å². The van der Waals surface area contributed by atoms with E-state index in [9.17, 15) is 14.7 Å². The van der Waals surface area contributed by atoms with Crippen molar-refractivity contribution in [3.8, 4) is 5.69 Å². The van der Waals surface area contributed by atoms with Gasteiger partial charge in [-0.25, -0.2) is 9.79 Å². The highest BCUT2D eigenvalue weighted by atomic mass is 35.5. The van der Waals surface area contributed by atoms with Gasteiger partial charge in [0.1, 0.15) is 0 Å². The standard InChI is InChI=1S/C25H22ClN3O3S/c1-13-5-6-18(9-14(13)2)27-25-28-23(30)22(33-25)11-17-10-15(3)29(16(17)4)19-7-8-21(26)20(12-19)24(31)32/h5-12H,1-4H3,(H,31,32)(H,27,28,30)/b22-11-. The number of nitrogens with one attached hydrogen (secondary N) is 1. The first-order valence-electron chi connectivity index (χ1n) is 10.2. The summed E-state index contributed by atoms with van der Waals surface area (Å²) in [4.78, 5) is 29.1. The molecule has 0 saturated carbocycles. The van der Waals surface area contributed by atoms with E-state index in [2.05, 4.69) is 10.3 Å². The summed E-state index contributed by atoms with van der Waals surface area (Å²) < 4.78 is 1.94. The number of carbonyl (C=O) groups is 2. The second-order valence-electron chi connectivity index (χ2n) is 7.88. The van der Waals surface area contributed by atoms with Crippen LogP contribution in [-0.4, -0.2) is 26.7 Å². The molecule has 0 spiro atoms. The molecule has 0 radical (unpaired) electrons. The van der Waals surface area contributed by atoms with E-state index in [0.29, 0.717) is 15.8 Å². The number of carbonyl (C=O) groups excluding carboxylic acids is 1. The Hall–Kier alpha value is -3.29. The Morgan fingerprint density at radius 2 is 1.85 bits per heavy atom. The summed E-state index contributed by atoms with van der Waals surface area (Å²) in [6.07, 6.45) is 1.83. The first-order valence-corrected chi connectivity index (χ1v) is 11.4. The number of carboxylic acids is 1. The third-order valence-corrected chi connectivity index (χ3v) is 6.81. The molecule has 4 rings (SSSR count). The Balaban J connectivity index is 1.66. The van der Waals surface area contributed by atoms with E-state index in [0.717, 1.165) is 28.2 Å². The van der Waals surface area contributed by atoms with Gasteiger partial charge in [0.2, 0.25) is 0 Å². The van der Waals surface area contributed by atoms with Gasteiger partial charge in [0.15, 0.2) is 5.17 Å². The quantitative estimate of drug-likeness (QED) is 0.452. The number of hydrogen-bond acceptors (Lipinski definition) is 4. The summed E-state index contributed by atoms with van der Waals surface area (Å²) in [6.45, 7) is 7.93. The van der Waals surface area contributed by atoms with Crippen molar-refractivity contribution in [3.63, 3.8) is 0 Å². The molecule has 2 aromatic carbocycles. The maximum absolute atomic E-state index is 12.6. The van der Waals surface area contributed by atoms with Crippen molar-refractivity contribution >= 4 is 52.2 Å². The summed E-state index contributed by atoms with van der Waals surface area (Å²) in [7, 11) is 0. The van der Waals surface area contributed by atoms with Crippen LogP contribution in [0.4, 0.5) is 5.69 Å². The van der Waals surface area contributed by atoms with Crippen molar-refractivity contribution in [1.29, 1.82) is 0 Å². The first kappa shape index (κ1) is 22.9. The zero-order chi connectivity index (χ0) is 23.9. The lowest BCUT2D eigenvalue weighted by atomic mass is 10.1. The smallest absolute Gasteiger partial charge is 0.337 e. The number of aliphatic imine (C=N–C) groups is 1. The van der Waals surface area contributed by atoms with E-state index in [1.807, 2.05) is 62.6 Å². The van der Waals surface area contributed by atoms with Crippen molar-refractivity contribution in [3.05, 3.63) is 86.0 Å². The monoisotopic (exact) mass is 479 g/mol. The zero-order valence-corrected chi connectivity index (χ0v) is 20.1. The molecule has 1 aromatic heterocycles. The number of rotatable bonds is 4.